The summed E-state index contributed by atoms with van der Waals surface area (Å²) >= 11 is 5.64. The highest BCUT2D eigenvalue weighted by Gasteiger charge is 2.10. The smallest absolute Gasteiger partial charge is 0.356 e. The molecule has 0 amide bonds. The van der Waals surface area contributed by atoms with E-state index in [0.717, 1.165) is 0 Å². The standard InChI is InChI=1S/C11H8ClFN2O2/c12-8-3-1-2-7(10(8)13)6-15-5-4-9(14-15)11(16)17/h1-5H,6H2,(H,16,17). The molecule has 1 aromatic carbocycles. The topological polar surface area (TPSA) is 55.1 Å². The van der Waals surface area contributed by atoms with Crippen molar-refractivity contribution in [1.29, 1.82) is 0 Å². The van der Waals surface area contributed by atoms with Gasteiger partial charge in [-0.15, -0.1) is 0 Å². The minimum absolute atomic E-state index is 0.0353. The molecule has 0 radical (unpaired) electrons. The van der Waals surface area contributed by atoms with Crippen LogP contribution >= 0.6 is 11.6 Å². The maximum atomic E-state index is 13.6. The van der Waals surface area contributed by atoms with Gasteiger partial charge in [0.2, 0.25) is 0 Å². The highest BCUT2D eigenvalue weighted by molar-refractivity contribution is 6.30. The van der Waals surface area contributed by atoms with Crippen LogP contribution in [0.3, 0.4) is 0 Å². The maximum Gasteiger partial charge on any atom is 0.356 e. The lowest BCUT2D eigenvalue weighted by molar-refractivity contribution is 0.0689. The Morgan fingerprint density at radius 1 is 1.47 bits per heavy atom. The van der Waals surface area contributed by atoms with Crippen LogP contribution in [0.2, 0.25) is 5.02 Å². The molecule has 0 aliphatic carbocycles. The van der Waals surface area contributed by atoms with Crippen molar-refractivity contribution in [2.75, 3.05) is 0 Å². The third-order valence-corrected chi connectivity index (χ3v) is 2.52. The van der Waals surface area contributed by atoms with Crippen molar-refractivity contribution in [3.05, 3.63) is 52.6 Å². The van der Waals surface area contributed by atoms with Gasteiger partial charge in [0.1, 0.15) is 5.82 Å². The summed E-state index contributed by atoms with van der Waals surface area (Å²) < 4.78 is 14.9. The van der Waals surface area contributed by atoms with Crippen molar-refractivity contribution in [1.82, 2.24) is 9.78 Å². The number of hydrogen-bond acceptors (Lipinski definition) is 2. The van der Waals surface area contributed by atoms with E-state index in [9.17, 15) is 9.18 Å². The molecule has 0 aliphatic heterocycles. The summed E-state index contributed by atoms with van der Waals surface area (Å²) in [5.41, 5.74) is 0.282. The van der Waals surface area contributed by atoms with Crippen LogP contribution in [0.4, 0.5) is 4.39 Å². The molecule has 88 valence electrons. The molecule has 4 nitrogen and oxygen atoms in total. The van der Waals surface area contributed by atoms with E-state index in [1.165, 1.54) is 23.0 Å². The molecule has 1 aromatic heterocycles. The fraction of sp³-hybridized carbons (Fsp3) is 0.0909. The normalized spacial score (nSPS) is 10.5. The number of halogens is 2. The summed E-state index contributed by atoms with van der Waals surface area (Å²) in [6, 6.07) is 6.00. The van der Waals surface area contributed by atoms with Crippen LogP contribution in [-0.4, -0.2) is 20.9 Å². The second-order valence-corrected chi connectivity index (χ2v) is 3.82. The van der Waals surface area contributed by atoms with Crippen LogP contribution in [0.1, 0.15) is 16.1 Å². The van der Waals surface area contributed by atoms with E-state index in [-0.39, 0.29) is 17.3 Å². The van der Waals surface area contributed by atoms with Gasteiger partial charge in [-0.05, 0) is 12.1 Å². The summed E-state index contributed by atoms with van der Waals surface area (Å²) in [6.45, 7) is 0.139. The largest absolute Gasteiger partial charge is 0.476 e. The van der Waals surface area contributed by atoms with Crippen molar-refractivity contribution in [3.63, 3.8) is 0 Å². The van der Waals surface area contributed by atoms with Crippen molar-refractivity contribution < 1.29 is 14.3 Å². The molecule has 0 atom stereocenters. The SMILES string of the molecule is O=C(O)c1ccn(Cc2cccc(Cl)c2F)n1. The first-order chi connectivity index (χ1) is 8.08. The Bertz CT molecular complexity index is 568. The van der Waals surface area contributed by atoms with Crippen LogP contribution in [0.5, 0.6) is 0 Å². The van der Waals surface area contributed by atoms with Crippen LogP contribution in [0, 0.1) is 5.82 Å². The number of aromatic carboxylic acids is 1. The molecule has 17 heavy (non-hydrogen) atoms. The summed E-state index contributed by atoms with van der Waals surface area (Å²) in [5, 5.41) is 12.5. The summed E-state index contributed by atoms with van der Waals surface area (Å²) in [4.78, 5) is 10.6. The third-order valence-electron chi connectivity index (χ3n) is 2.22. The first-order valence-electron chi connectivity index (χ1n) is 4.77. The minimum atomic E-state index is -1.12. The van der Waals surface area contributed by atoms with E-state index < -0.39 is 11.8 Å². The first-order valence-corrected chi connectivity index (χ1v) is 5.15. The predicted octanol–water partition coefficient (Wildman–Crippen LogP) is 2.42. The van der Waals surface area contributed by atoms with Gasteiger partial charge in [-0.25, -0.2) is 9.18 Å². The number of benzene rings is 1. The molecule has 0 saturated carbocycles. The number of rotatable bonds is 3. The van der Waals surface area contributed by atoms with E-state index >= 15 is 0 Å². The monoisotopic (exact) mass is 254 g/mol. The Morgan fingerprint density at radius 3 is 2.88 bits per heavy atom. The van der Waals surface area contributed by atoms with Crippen molar-refractivity contribution in [3.8, 4) is 0 Å². The zero-order valence-electron chi connectivity index (χ0n) is 8.60. The molecule has 0 fully saturated rings. The lowest BCUT2D eigenvalue weighted by Gasteiger charge is -2.04. The second-order valence-electron chi connectivity index (χ2n) is 3.42. The van der Waals surface area contributed by atoms with Gasteiger partial charge in [-0.3, -0.25) is 4.68 Å². The minimum Gasteiger partial charge on any atom is -0.476 e. The van der Waals surface area contributed by atoms with Gasteiger partial charge >= 0.3 is 5.97 Å². The van der Waals surface area contributed by atoms with Gasteiger partial charge in [0, 0.05) is 11.8 Å². The van der Waals surface area contributed by atoms with Crippen LogP contribution in [-0.2, 0) is 6.54 Å². The zero-order valence-corrected chi connectivity index (χ0v) is 9.36. The van der Waals surface area contributed by atoms with Crippen LogP contribution < -0.4 is 0 Å². The molecular weight excluding hydrogens is 247 g/mol. The fourth-order valence-corrected chi connectivity index (χ4v) is 1.60. The van der Waals surface area contributed by atoms with E-state index in [1.807, 2.05) is 0 Å². The number of carboxylic acid groups (broad SMARTS) is 1. The van der Waals surface area contributed by atoms with Gasteiger partial charge in [-0.2, -0.15) is 5.10 Å². The van der Waals surface area contributed by atoms with E-state index in [4.69, 9.17) is 16.7 Å². The van der Waals surface area contributed by atoms with Crippen molar-refractivity contribution in [2.24, 2.45) is 0 Å². The zero-order chi connectivity index (χ0) is 12.4. The van der Waals surface area contributed by atoms with Gasteiger partial charge in [0.25, 0.3) is 0 Å². The summed E-state index contributed by atoms with van der Waals surface area (Å²) in [7, 11) is 0. The number of aromatic nitrogens is 2. The molecule has 0 bridgehead atoms. The average Bonchev–Trinajstić information content (AvgIpc) is 2.73. The quantitative estimate of drug-likeness (QED) is 0.915. The Kier molecular flexibility index (Phi) is 3.10. The number of hydrogen-bond donors (Lipinski definition) is 1. The second kappa shape index (κ2) is 4.55. The van der Waals surface area contributed by atoms with E-state index in [0.29, 0.717) is 5.56 Å². The lowest BCUT2D eigenvalue weighted by Crippen LogP contribution is -2.05. The van der Waals surface area contributed by atoms with Crippen molar-refractivity contribution in [2.45, 2.75) is 6.54 Å². The summed E-state index contributed by atoms with van der Waals surface area (Å²) in [5.74, 6) is -1.63. The molecule has 1 heterocycles. The lowest BCUT2D eigenvalue weighted by atomic mass is 10.2. The van der Waals surface area contributed by atoms with E-state index in [2.05, 4.69) is 5.10 Å². The first kappa shape index (κ1) is 11.6. The third kappa shape index (κ3) is 2.45. The van der Waals surface area contributed by atoms with Crippen molar-refractivity contribution >= 4 is 17.6 Å². The number of carboxylic acids is 1. The van der Waals surface area contributed by atoms with Gasteiger partial charge in [0.05, 0.1) is 11.6 Å². The number of nitrogens with zero attached hydrogens (tertiary/aromatic N) is 2. The summed E-state index contributed by atoms with van der Waals surface area (Å²) in [6.07, 6.45) is 1.48. The Balaban J connectivity index is 2.25. The molecule has 0 unspecified atom stereocenters. The fourth-order valence-electron chi connectivity index (χ4n) is 1.41. The molecule has 6 heteroatoms. The Hall–Kier alpha value is -1.88. The van der Waals surface area contributed by atoms with Gasteiger partial charge < -0.3 is 5.11 Å². The van der Waals surface area contributed by atoms with Gasteiger partial charge in [0.15, 0.2) is 5.69 Å². The Labute approximate surface area is 101 Å². The molecule has 0 spiro atoms. The highest BCUT2D eigenvalue weighted by atomic mass is 35.5. The van der Waals surface area contributed by atoms with Crippen LogP contribution in [0.25, 0.3) is 0 Å². The Morgan fingerprint density at radius 2 is 2.24 bits per heavy atom. The molecule has 1 N–H and O–H groups in total. The molecule has 2 rings (SSSR count). The predicted molar refractivity (Wildman–Crippen MR) is 59.7 cm³/mol. The molecule has 0 aliphatic rings. The number of carbonyl (C=O) groups is 1. The van der Waals surface area contributed by atoms with E-state index in [1.54, 1.807) is 12.1 Å². The van der Waals surface area contributed by atoms with Crippen LogP contribution in [0.15, 0.2) is 30.5 Å². The highest BCUT2D eigenvalue weighted by Crippen LogP contribution is 2.18. The molecule has 2 aromatic rings. The average molecular weight is 255 g/mol. The molecular formula is C11H8ClFN2O2. The van der Waals surface area contributed by atoms with Gasteiger partial charge in [-0.1, -0.05) is 23.7 Å². The molecule has 0 saturated heterocycles. The maximum absolute atomic E-state index is 13.6.